The molecular weight excluding hydrogens is 380 g/mol. The molecule has 4 heterocycles. The van der Waals surface area contributed by atoms with Crippen LogP contribution in [-0.2, 0) is 22.7 Å². The van der Waals surface area contributed by atoms with Crippen LogP contribution >= 0.6 is 0 Å². The van der Waals surface area contributed by atoms with Gasteiger partial charge in [0, 0.05) is 31.6 Å². The molecule has 3 amide bonds. The summed E-state index contributed by atoms with van der Waals surface area (Å²) in [5, 5.41) is 5.86. The second kappa shape index (κ2) is 8.12. The fourth-order valence-corrected chi connectivity index (χ4v) is 5.66. The minimum Gasteiger partial charge on any atom is -0.322 e. The quantitative estimate of drug-likeness (QED) is 0.731. The first-order chi connectivity index (χ1) is 14.6. The van der Waals surface area contributed by atoms with Crippen LogP contribution in [0, 0.1) is 11.8 Å². The van der Waals surface area contributed by atoms with E-state index in [9.17, 15) is 14.4 Å². The van der Waals surface area contributed by atoms with Crippen molar-refractivity contribution in [2.75, 3.05) is 26.2 Å². The Morgan fingerprint density at radius 2 is 1.97 bits per heavy atom. The molecule has 0 saturated carbocycles. The smallest absolute Gasteiger partial charge is 0.255 e. The van der Waals surface area contributed by atoms with Gasteiger partial charge in [-0.05, 0) is 74.3 Å². The normalized spacial score (nSPS) is 29.9. The topological polar surface area (TPSA) is 81.8 Å². The fourth-order valence-electron chi connectivity index (χ4n) is 5.66. The number of hydrogen-bond acceptors (Lipinski definition) is 5. The van der Waals surface area contributed by atoms with Crippen LogP contribution in [0.3, 0.4) is 0 Å². The number of carbonyl (C=O) groups is 3. The lowest BCUT2D eigenvalue weighted by Crippen LogP contribution is -2.52. The largest absolute Gasteiger partial charge is 0.322 e. The molecule has 3 saturated heterocycles. The minimum absolute atomic E-state index is 0.0881. The van der Waals surface area contributed by atoms with Crippen molar-refractivity contribution in [2.45, 2.75) is 51.2 Å². The molecule has 3 unspecified atom stereocenters. The lowest BCUT2D eigenvalue weighted by molar-refractivity contribution is -0.136. The molecular formula is C23H30N4O3. The van der Waals surface area contributed by atoms with E-state index in [0.717, 1.165) is 55.7 Å². The van der Waals surface area contributed by atoms with Crippen LogP contribution in [0.15, 0.2) is 18.2 Å². The molecule has 4 aliphatic rings. The first-order valence-electron chi connectivity index (χ1n) is 11.3. The third kappa shape index (κ3) is 3.76. The van der Waals surface area contributed by atoms with Gasteiger partial charge in [0.05, 0.1) is 0 Å². The van der Waals surface area contributed by atoms with Gasteiger partial charge >= 0.3 is 0 Å². The zero-order chi connectivity index (χ0) is 20.7. The Labute approximate surface area is 177 Å². The van der Waals surface area contributed by atoms with Gasteiger partial charge in [0.1, 0.15) is 6.04 Å². The van der Waals surface area contributed by atoms with E-state index >= 15 is 0 Å². The number of amides is 3. The number of hydrogen-bond donors (Lipinski definition) is 2. The van der Waals surface area contributed by atoms with Crippen molar-refractivity contribution >= 4 is 17.7 Å². The molecule has 30 heavy (non-hydrogen) atoms. The Morgan fingerprint density at radius 1 is 1.07 bits per heavy atom. The molecule has 0 bridgehead atoms. The van der Waals surface area contributed by atoms with Crippen LogP contribution in [-0.4, -0.2) is 59.7 Å². The number of carbonyl (C=O) groups excluding carboxylic acids is 3. The summed E-state index contributed by atoms with van der Waals surface area (Å²) in [6.07, 6.45) is 4.56. The molecule has 7 heteroatoms. The van der Waals surface area contributed by atoms with Gasteiger partial charge in [0.15, 0.2) is 0 Å². The van der Waals surface area contributed by atoms with Gasteiger partial charge in [0.2, 0.25) is 11.8 Å². The van der Waals surface area contributed by atoms with Gasteiger partial charge in [-0.3, -0.25) is 24.6 Å². The number of piperidine rings is 2. The van der Waals surface area contributed by atoms with E-state index in [1.54, 1.807) is 4.90 Å². The Kier molecular flexibility index (Phi) is 5.33. The minimum atomic E-state index is -0.547. The van der Waals surface area contributed by atoms with Gasteiger partial charge in [0.25, 0.3) is 5.91 Å². The van der Waals surface area contributed by atoms with Crippen LogP contribution in [0.25, 0.3) is 0 Å². The molecule has 160 valence electrons. The van der Waals surface area contributed by atoms with Crippen molar-refractivity contribution < 1.29 is 14.4 Å². The molecule has 2 N–H and O–H groups in total. The van der Waals surface area contributed by atoms with Crippen molar-refractivity contribution in [3.05, 3.63) is 34.9 Å². The average molecular weight is 411 g/mol. The van der Waals surface area contributed by atoms with Crippen molar-refractivity contribution in [2.24, 2.45) is 11.8 Å². The zero-order valence-corrected chi connectivity index (χ0v) is 17.4. The maximum Gasteiger partial charge on any atom is 0.255 e. The van der Waals surface area contributed by atoms with Gasteiger partial charge in [-0.25, -0.2) is 0 Å². The second-order valence-corrected chi connectivity index (χ2v) is 9.28. The van der Waals surface area contributed by atoms with E-state index in [4.69, 9.17) is 0 Å². The highest BCUT2D eigenvalue weighted by atomic mass is 16.2. The first-order valence-corrected chi connectivity index (χ1v) is 11.3. The number of likely N-dealkylation sites (tertiary alicyclic amines) is 1. The molecule has 0 aromatic heterocycles. The molecule has 1 aromatic rings. The maximum atomic E-state index is 13.0. The van der Waals surface area contributed by atoms with E-state index in [-0.39, 0.29) is 24.1 Å². The number of imide groups is 1. The number of benzene rings is 1. The fraction of sp³-hybridized carbons (Fsp3) is 0.609. The summed E-state index contributed by atoms with van der Waals surface area (Å²) >= 11 is 0. The summed E-state index contributed by atoms with van der Waals surface area (Å²) in [6, 6.07) is 5.64. The molecule has 1 aromatic carbocycles. The number of nitrogens with one attached hydrogen (secondary N) is 2. The zero-order valence-electron chi connectivity index (χ0n) is 17.4. The molecule has 0 aliphatic carbocycles. The Bertz CT molecular complexity index is 864. The third-order valence-corrected chi connectivity index (χ3v) is 7.31. The lowest BCUT2D eigenvalue weighted by Gasteiger charge is -2.35. The molecule has 0 spiro atoms. The predicted octanol–water partition coefficient (Wildman–Crippen LogP) is 1.27. The van der Waals surface area contributed by atoms with E-state index in [2.05, 4.69) is 21.6 Å². The van der Waals surface area contributed by atoms with Crippen LogP contribution in [0.5, 0.6) is 0 Å². The van der Waals surface area contributed by atoms with E-state index in [1.807, 2.05) is 12.1 Å². The van der Waals surface area contributed by atoms with Crippen LogP contribution in [0.2, 0.25) is 0 Å². The highest BCUT2D eigenvalue weighted by Crippen LogP contribution is 2.31. The molecule has 0 radical (unpaired) electrons. The summed E-state index contributed by atoms with van der Waals surface area (Å²) in [4.78, 5) is 40.8. The van der Waals surface area contributed by atoms with Crippen molar-refractivity contribution in [3.8, 4) is 0 Å². The van der Waals surface area contributed by atoms with Crippen molar-refractivity contribution in [3.63, 3.8) is 0 Å². The summed E-state index contributed by atoms with van der Waals surface area (Å²) in [5.74, 6) is 0.878. The number of nitrogens with zero attached hydrogens (tertiary/aromatic N) is 2. The summed E-state index contributed by atoms with van der Waals surface area (Å²) in [7, 11) is 0. The summed E-state index contributed by atoms with van der Waals surface area (Å²) < 4.78 is 0. The lowest BCUT2D eigenvalue weighted by atomic mass is 9.85. The van der Waals surface area contributed by atoms with Crippen molar-refractivity contribution in [1.82, 2.24) is 20.4 Å². The third-order valence-electron chi connectivity index (χ3n) is 7.31. The van der Waals surface area contributed by atoms with Crippen LogP contribution < -0.4 is 10.6 Å². The Morgan fingerprint density at radius 3 is 2.77 bits per heavy atom. The van der Waals surface area contributed by atoms with Gasteiger partial charge in [-0.2, -0.15) is 0 Å². The highest BCUT2D eigenvalue weighted by Gasteiger charge is 2.39. The van der Waals surface area contributed by atoms with E-state index < -0.39 is 6.04 Å². The predicted molar refractivity (Wildman–Crippen MR) is 111 cm³/mol. The summed E-state index contributed by atoms with van der Waals surface area (Å²) in [6.45, 7) is 5.88. The first kappa shape index (κ1) is 19.7. The molecule has 4 aliphatic heterocycles. The maximum absolute atomic E-state index is 13.0. The molecule has 7 nitrogen and oxygen atoms in total. The highest BCUT2D eigenvalue weighted by molar-refractivity contribution is 6.05. The Hall–Kier alpha value is -2.25. The van der Waals surface area contributed by atoms with E-state index in [1.165, 1.54) is 19.3 Å². The van der Waals surface area contributed by atoms with Crippen molar-refractivity contribution in [1.29, 1.82) is 0 Å². The molecule has 3 fully saturated rings. The molecule has 5 rings (SSSR count). The average Bonchev–Trinajstić information content (AvgIpc) is 3.38. The van der Waals surface area contributed by atoms with Gasteiger partial charge in [-0.15, -0.1) is 0 Å². The monoisotopic (exact) mass is 410 g/mol. The van der Waals surface area contributed by atoms with E-state index in [0.29, 0.717) is 18.5 Å². The number of rotatable bonds is 4. The Balaban J connectivity index is 1.26. The summed E-state index contributed by atoms with van der Waals surface area (Å²) in [5.41, 5.74) is 2.85. The van der Waals surface area contributed by atoms with Gasteiger partial charge < -0.3 is 10.2 Å². The molecule has 3 atom stereocenters. The number of fused-ring (bicyclic) bond motifs is 1. The SMILES string of the molecule is O=C1CCC(N2Cc3ccc(CN4CCCC(C5CCNC5)C4)cc3C2=O)C(=O)N1. The second-order valence-electron chi connectivity index (χ2n) is 9.28. The standard InChI is InChI=1S/C23H30N4O3/c28-21-6-5-20(22(29)25-21)27-14-18-4-3-15(10-19(18)23(27)30)12-26-9-1-2-17(13-26)16-7-8-24-11-16/h3-4,10,16-17,20,24H,1-2,5-9,11-14H2,(H,25,28,29). The van der Waals surface area contributed by atoms with Gasteiger partial charge in [-0.1, -0.05) is 12.1 Å². The van der Waals surface area contributed by atoms with Crippen LogP contribution in [0.4, 0.5) is 0 Å². The van der Waals surface area contributed by atoms with Crippen LogP contribution in [0.1, 0.15) is 53.6 Å².